The van der Waals surface area contributed by atoms with Crippen molar-refractivity contribution in [3.63, 3.8) is 0 Å². The summed E-state index contributed by atoms with van der Waals surface area (Å²) in [7, 11) is 0. The van der Waals surface area contributed by atoms with Crippen molar-refractivity contribution in [2.24, 2.45) is 0 Å². The Bertz CT molecular complexity index is 433. The average molecular weight is 255 g/mol. The number of nitrogens with one attached hydrogen (secondary N) is 1. The van der Waals surface area contributed by atoms with E-state index in [0.29, 0.717) is 4.88 Å². The molecule has 0 aliphatic heterocycles. The van der Waals surface area contributed by atoms with Crippen LogP contribution in [0.15, 0.2) is 6.07 Å². The maximum atomic E-state index is 11.7. The molecule has 0 bridgehead atoms. The molecule has 1 aliphatic carbocycles. The maximum absolute atomic E-state index is 11.7. The van der Waals surface area contributed by atoms with E-state index >= 15 is 0 Å². The van der Waals surface area contributed by atoms with Gasteiger partial charge in [0.1, 0.15) is 0 Å². The number of thiophene rings is 1. The van der Waals surface area contributed by atoms with Gasteiger partial charge in [0.25, 0.3) is 5.91 Å². The van der Waals surface area contributed by atoms with E-state index < -0.39 is 24.5 Å². The van der Waals surface area contributed by atoms with Crippen molar-refractivity contribution in [3.05, 3.63) is 21.4 Å². The first-order chi connectivity index (χ1) is 8.11. The Hall–Kier alpha value is -1.40. The van der Waals surface area contributed by atoms with Crippen molar-refractivity contribution in [1.29, 1.82) is 0 Å². The Labute approximate surface area is 102 Å². The van der Waals surface area contributed by atoms with Gasteiger partial charge in [0.2, 0.25) is 0 Å². The zero-order chi connectivity index (χ0) is 12.4. The molecule has 1 heterocycles. The van der Waals surface area contributed by atoms with Gasteiger partial charge in [-0.1, -0.05) is 0 Å². The van der Waals surface area contributed by atoms with E-state index in [2.05, 4.69) is 5.32 Å². The lowest BCUT2D eigenvalue weighted by Gasteiger charge is -2.10. The summed E-state index contributed by atoms with van der Waals surface area (Å²) >= 11 is 1.41. The number of carboxylic acids is 1. The molecule has 1 aliphatic rings. The highest BCUT2D eigenvalue weighted by Crippen LogP contribution is 2.30. The van der Waals surface area contributed by atoms with Crippen molar-refractivity contribution >= 4 is 23.2 Å². The highest BCUT2D eigenvalue weighted by atomic mass is 32.1. The Kier molecular flexibility index (Phi) is 3.44. The first-order valence-electron chi connectivity index (χ1n) is 5.38. The van der Waals surface area contributed by atoms with Gasteiger partial charge in [-0.2, -0.15) is 0 Å². The molecule has 1 amide bonds. The van der Waals surface area contributed by atoms with Crippen LogP contribution in [0.5, 0.6) is 0 Å². The molecule has 17 heavy (non-hydrogen) atoms. The van der Waals surface area contributed by atoms with Crippen molar-refractivity contribution in [2.45, 2.75) is 25.3 Å². The number of hydrogen-bond donors (Lipinski definition) is 3. The van der Waals surface area contributed by atoms with Crippen LogP contribution in [-0.2, 0) is 17.6 Å². The quantitative estimate of drug-likeness (QED) is 0.727. The van der Waals surface area contributed by atoms with Crippen LogP contribution in [0, 0.1) is 0 Å². The Morgan fingerprint density at radius 2 is 2.24 bits per heavy atom. The minimum Gasteiger partial charge on any atom is -0.480 e. The molecule has 0 radical (unpaired) electrons. The summed E-state index contributed by atoms with van der Waals surface area (Å²) < 4.78 is 0. The smallest absolute Gasteiger partial charge is 0.328 e. The minimum absolute atomic E-state index is 0.425. The molecule has 2 rings (SSSR count). The second-order valence-corrected chi connectivity index (χ2v) is 5.10. The number of carbonyl (C=O) groups is 2. The normalized spacial score (nSPS) is 15.4. The number of amides is 1. The van der Waals surface area contributed by atoms with Crippen LogP contribution >= 0.6 is 11.3 Å². The molecular formula is C11H13NO4S. The number of hydrogen-bond acceptors (Lipinski definition) is 4. The van der Waals surface area contributed by atoms with Crippen LogP contribution < -0.4 is 5.32 Å². The second kappa shape index (κ2) is 4.85. The van der Waals surface area contributed by atoms with Crippen LogP contribution in [-0.4, -0.2) is 34.7 Å². The molecule has 0 saturated carbocycles. The molecule has 1 aromatic rings. The van der Waals surface area contributed by atoms with Gasteiger partial charge in [-0.05, 0) is 30.9 Å². The van der Waals surface area contributed by atoms with E-state index in [0.717, 1.165) is 19.3 Å². The Morgan fingerprint density at radius 1 is 1.47 bits per heavy atom. The van der Waals surface area contributed by atoms with E-state index in [1.54, 1.807) is 0 Å². The number of rotatable bonds is 4. The lowest BCUT2D eigenvalue weighted by atomic mass is 10.2. The fourth-order valence-corrected chi connectivity index (χ4v) is 3.01. The molecule has 6 heteroatoms. The number of aryl methyl sites for hydroxylation is 2. The Morgan fingerprint density at radius 3 is 2.82 bits per heavy atom. The summed E-state index contributed by atoms with van der Waals surface area (Å²) in [6.07, 6.45) is 3.11. The number of aliphatic hydroxyl groups is 1. The van der Waals surface area contributed by atoms with Crippen molar-refractivity contribution in [2.75, 3.05) is 6.61 Å². The van der Waals surface area contributed by atoms with Gasteiger partial charge in [0.05, 0.1) is 11.5 Å². The van der Waals surface area contributed by atoms with Crippen LogP contribution in [0.4, 0.5) is 0 Å². The van der Waals surface area contributed by atoms with Gasteiger partial charge >= 0.3 is 5.97 Å². The molecule has 92 valence electrons. The van der Waals surface area contributed by atoms with Gasteiger partial charge in [0, 0.05) is 4.88 Å². The molecule has 1 aromatic heterocycles. The summed E-state index contributed by atoms with van der Waals surface area (Å²) in [5, 5.41) is 19.8. The average Bonchev–Trinajstić information content (AvgIpc) is 2.84. The third-order valence-corrected chi connectivity index (χ3v) is 3.99. The van der Waals surface area contributed by atoms with E-state index in [9.17, 15) is 9.59 Å². The topological polar surface area (TPSA) is 86.6 Å². The van der Waals surface area contributed by atoms with E-state index in [1.807, 2.05) is 6.07 Å². The highest BCUT2D eigenvalue weighted by Gasteiger charge is 2.23. The first kappa shape index (κ1) is 12.1. The molecule has 0 unspecified atom stereocenters. The summed E-state index contributed by atoms with van der Waals surface area (Å²) in [4.78, 5) is 24.2. The fourth-order valence-electron chi connectivity index (χ4n) is 1.86. The van der Waals surface area contributed by atoms with Crippen LogP contribution in [0.25, 0.3) is 0 Å². The first-order valence-corrected chi connectivity index (χ1v) is 6.19. The van der Waals surface area contributed by atoms with Gasteiger partial charge in [-0.3, -0.25) is 4.79 Å². The summed E-state index contributed by atoms with van der Waals surface area (Å²) in [6, 6.07) is 0.581. The maximum Gasteiger partial charge on any atom is 0.328 e. The molecule has 1 atom stereocenters. The largest absolute Gasteiger partial charge is 0.480 e. The van der Waals surface area contributed by atoms with Gasteiger partial charge in [-0.25, -0.2) is 4.79 Å². The number of carbonyl (C=O) groups excluding carboxylic acids is 1. The van der Waals surface area contributed by atoms with Gasteiger partial charge in [-0.15, -0.1) is 11.3 Å². The van der Waals surface area contributed by atoms with E-state index in [4.69, 9.17) is 10.2 Å². The fraction of sp³-hybridized carbons (Fsp3) is 0.455. The zero-order valence-corrected chi connectivity index (χ0v) is 9.92. The second-order valence-electron chi connectivity index (χ2n) is 3.96. The molecule has 0 spiro atoms. The monoisotopic (exact) mass is 255 g/mol. The summed E-state index contributed by atoms with van der Waals surface area (Å²) in [6.45, 7) is -0.605. The zero-order valence-electron chi connectivity index (χ0n) is 9.10. The third kappa shape index (κ3) is 2.48. The minimum atomic E-state index is -1.24. The van der Waals surface area contributed by atoms with Gasteiger partial charge in [0.15, 0.2) is 6.04 Å². The van der Waals surface area contributed by atoms with Crippen LogP contribution in [0.2, 0.25) is 0 Å². The molecule has 5 nitrogen and oxygen atoms in total. The Balaban J connectivity index is 2.06. The third-order valence-electron chi connectivity index (χ3n) is 2.76. The standard InChI is InChI=1S/C11H13NO4S/c13-5-7(11(15)16)12-10(14)9-4-6-2-1-3-8(6)17-9/h4,7,13H,1-3,5H2,(H,12,14)(H,15,16)/t7-/m0/s1. The molecule has 0 saturated heterocycles. The lowest BCUT2D eigenvalue weighted by Crippen LogP contribution is -2.43. The number of aliphatic hydroxyl groups excluding tert-OH is 1. The van der Waals surface area contributed by atoms with Crippen molar-refractivity contribution < 1.29 is 19.8 Å². The molecule has 3 N–H and O–H groups in total. The summed E-state index contributed by atoms with van der Waals surface area (Å²) in [5.41, 5.74) is 1.19. The van der Waals surface area contributed by atoms with E-state index in [1.165, 1.54) is 21.8 Å². The molecule has 0 fully saturated rings. The highest BCUT2D eigenvalue weighted by molar-refractivity contribution is 7.14. The summed E-state index contributed by atoms with van der Waals surface area (Å²) in [5.74, 6) is -1.66. The molecule has 0 aromatic carbocycles. The van der Waals surface area contributed by atoms with Crippen molar-refractivity contribution in [3.8, 4) is 0 Å². The number of fused-ring (bicyclic) bond motifs is 1. The lowest BCUT2D eigenvalue weighted by molar-refractivity contribution is -0.140. The van der Waals surface area contributed by atoms with Crippen LogP contribution in [0.1, 0.15) is 26.5 Å². The SMILES string of the molecule is O=C(N[C@@H](CO)C(=O)O)c1cc2c(s1)CCC2. The molecular weight excluding hydrogens is 242 g/mol. The van der Waals surface area contributed by atoms with Gasteiger partial charge < -0.3 is 15.5 Å². The van der Waals surface area contributed by atoms with Crippen molar-refractivity contribution in [1.82, 2.24) is 5.32 Å². The number of carboxylic acid groups (broad SMARTS) is 1. The van der Waals surface area contributed by atoms with E-state index in [-0.39, 0.29) is 0 Å². The predicted molar refractivity (Wildman–Crippen MR) is 62.3 cm³/mol. The number of aliphatic carboxylic acids is 1. The predicted octanol–water partition coefficient (Wildman–Crippen LogP) is 0.412. The van der Waals surface area contributed by atoms with Crippen LogP contribution in [0.3, 0.4) is 0 Å².